The van der Waals surface area contributed by atoms with Crippen LogP contribution in [0.15, 0.2) is 30.3 Å². The van der Waals surface area contributed by atoms with Crippen molar-refractivity contribution in [3.05, 3.63) is 35.9 Å². The standard InChI is InChI=1S/C20H23NO8/c1-24-14-6-12(7-15(10-14)25-2)20(23)29-11-18(22)21-13-8-16(26-3)19(28-5)17(9-13)27-4/h6-10H,11H2,1-5H3,(H,21,22). The summed E-state index contributed by atoms with van der Waals surface area (Å²) in [4.78, 5) is 24.4. The van der Waals surface area contributed by atoms with Gasteiger partial charge in [0.05, 0.1) is 41.1 Å². The number of carbonyl (C=O) groups is 2. The zero-order valence-corrected chi connectivity index (χ0v) is 16.9. The molecule has 0 heterocycles. The summed E-state index contributed by atoms with van der Waals surface area (Å²) < 4.78 is 31.0. The van der Waals surface area contributed by atoms with E-state index in [0.717, 1.165) is 0 Å². The Labute approximate surface area is 168 Å². The Balaban J connectivity index is 2.06. The summed E-state index contributed by atoms with van der Waals surface area (Å²) in [6, 6.07) is 7.72. The van der Waals surface area contributed by atoms with Crippen LogP contribution >= 0.6 is 0 Å². The Morgan fingerprint density at radius 3 is 1.76 bits per heavy atom. The zero-order valence-electron chi connectivity index (χ0n) is 16.9. The first-order valence-electron chi connectivity index (χ1n) is 8.45. The molecule has 0 aliphatic carbocycles. The lowest BCUT2D eigenvalue weighted by Crippen LogP contribution is -2.21. The number of carbonyl (C=O) groups excluding carboxylic acids is 2. The van der Waals surface area contributed by atoms with Gasteiger partial charge in [0.1, 0.15) is 11.5 Å². The number of anilines is 1. The number of methoxy groups -OCH3 is 5. The first-order chi connectivity index (χ1) is 13.9. The van der Waals surface area contributed by atoms with Crippen LogP contribution in [-0.4, -0.2) is 54.0 Å². The highest BCUT2D eigenvalue weighted by Crippen LogP contribution is 2.39. The van der Waals surface area contributed by atoms with Crippen molar-refractivity contribution < 1.29 is 38.0 Å². The van der Waals surface area contributed by atoms with E-state index in [9.17, 15) is 9.59 Å². The Hall–Kier alpha value is -3.62. The number of hydrogen-bond donors (Lipinski definition) is 1. The first-order valence-corrected chi connectivity index (χ1v) is 8.45. The zero-order chi connectivity index (χ0) is 21.4. The quantitative estimate of drug-likeness (QED) is 0.635. The van der Waals surface area contributed by atoms with Gasteiger partial charge in [0.2, 0.25) is 5.75 Å². The molecule has 0 saturated heterocycles. The molecule has 0 saturated carbocycles. The van der Waals surface area contributed by atoms with Crippen LogP contribution in [0.4, 0.5) is 5.69 Å². The van der Waals surface area contributed by atoms with Crippen molar-refractivity contribution in [3.63, 3.8) is 0 Å². The van der Waals surface area contributed by atoms with Gasteiger partial charge >= 0.3 is 5.97 Å². The Morgan fingerprint density at radius 2 is 1.31 bits per heavy atom. The fraction of sp³-hybridized carbons (Fsp3) is 0.300. The molecule has 2 aromatic rings. The predicted molar refractivity (Wildman–Crippen MR) is 105 cm³/mol. The third-order valence-electron chi connectivity index (χ3n) is 3.87. The van der Waals surface area contributed by atoms with Crippen LogP contribution in [0.5, 0.6) is 28.7 Å². The van der Waals surface area contributed by atoms with Crippen molar-refractivity contribution in [1.82, 2.24) is 0 Å². The second-order valence-electron chi connectivity index (χ2n) is 5.64. The van der Waals surface area contributed by atoms with Gasteiger partial charge in [-0.3, -0.25) is 4.79 Å². The maximum Gasteiger partial charge on any atom is 0.338 e. The lowest BCUT2D eigenvalue weighted by atomic mass is 10.2. The monoisotopic (exact) mass is 405 g/mol. The molecule has 2 rings (SSSR count). The molecule has 2 aromatic carbocycles. The van der Waals surface area contributed by atoms with Crippen molar-refractivity contribution in [3.8, 4) is 28.7 Å². The van der Waals surface area contributed by atoms with E-state index < -0.39 is 18.5 Å². The van der Waals surface area contributed by atoms with Crippen molar-refractivity contribution in [2.45, 2.75) is 0 Å². The average molecular weight is 405 g/mol. The lowest BCUT2D eigenvalue weighted by Gasteiger charge is -2.14. The van der Waals surface area contributed by atoms with Gasteiger partial charge in [-0.25, -0.2) is 4.79 Å². The fourth-order valence-corrected chi connectivity index (χ4v) is 2.49. The molecule has 0 fully saturated rings. The molecule has 156 valence electrons. The van der Waals surface area contributed by atoms with Gasteiger partial charge in [0.15, 0.2) is 18.1 Å². The minimum atomic E-state index is -0.692. The van der Waals surface area contributed by atoms with E-state index >= 15 is 0 Å². The number of esters is 1. The number of nitrogens with one attached hydrogen (secondary N) is 1. The summed E-state index contributed by atoms with van der Waals surface area (Å²) >= 11 is 0. The van der Waals surface area contributed by atoms with E-state index in [1.54, 1.807) is 18.2 Å². The number of rotatable bonds is 9. The van der Waals surface area contributed by atoms with Crippen LogP contribution in [0, 0.1) is 0 Å². The number of hydrogen-bond acceptors (Lipinski definition) is 8. The first kappa shape index (κ1) is 21.7. The van der Waals surface area contributed by atoms with E-state index in [1.807, 2.05) is 0 Å². The normalized spacial score (nSPS) is 9.97. The summed E-state index contributed by atoms with van der Waals surface area (Å²) in [5, 5.41) is 2.61. The van der Waals surface area contributed by atoms with Crippen LogP contribution in [0.1, 0.15) is 10.4 Å². The van der Waals surface area contributed by atoms with Crippen molar-refractivity contribution in [2.24, 2.45) is 0 Å². The van der Waals surface area contributed by atoms with Gasteiger partial charge < -0.3 is 33.7 Å². The SMILES string of the molecule is COc1cc(OC)cc(C(=O)OCC(=O)Nc2cc(OC)c(OC)c(OC)c2)c1. The largest absolute Gasteiger partial charge is 0.497 e. The van der Waals surface area contributed by atoms with Crippen LogP contribution in [0.3, 0.4) is 0 Å². The molecule has 0 radical (unpaired) electrons. The Bertz CT molecular complexity index is 834. The highest BCUT2D eigenvalue weighted by atomic mass is 16.5. The molecule has 0 spiro atoms. The second-order valence-corrected chi connectivity index (χ2v) is 5.64. The van der Waals surface area contributed by atoms with Gasteiger partial charge in [-0.2, -0.15) is 0 Å². The van der Waals surface area contributed by atoms with Crippen LogP contribution < -0.4 is 29.0 Å². The number of benzene rings is 2. The van der Waals surface area contributed by atoms with E-state index in [0.29, 0.717) is 34.4 Å². The smallest absolute Gasteiger partial charge is 0.338 e. The third-order valence-corrected chi connectivity index (χ3v) is 3.87. The van der Waals surface area contributed by atoms with E-state index in [2.05, 4.69) is 5.32 Å². The summed E-state index contributed by atoms with van der Waals surface area (Å²) in [5.41, 5.74) is 0.588. The third kappa shape index (κ3) is 5.44. The van der Waals surface area contributed by atoms with Crippen molar-refractivity contribution >= 4 is 17.6 Å². The predicted octanol–water partition coefficient (Wildman–Crippen LogP) is 2.53. The fourth-order valence-electron chi connectivity index (χ4n) is 2.49. The molecular formula is C20H23NO8. The van der Waals surface area contributed by atoms with Gasteiger partial charge in [-0.05, 0) is 12.1 Å². The summed E-state index contributed by atoms with van der Waals surface area (Å²) in [5.74, 6) is 0.776. The number of ether oxygens (including phenoxy) is 6. The minimum Gasteiger partial charge on any atom is -0.497 e. The molecule has 9 nitrogen and oxygen atoms in total. The molecule has 0 unspecified atom stereocenters. The maximum atomic E-state index is 12.3. The summed E-state index contributed by atoms with van der Waals surface area (Å²) in [6.45, 7) is -0.491. The molecular weight excluding hydrogens is 382 g/mol. The molecule has 9 heteroatoms. The Morgan fingerprint density at radius 1 is 0.759 bits per heavy atom. The van der Waals surface area contributed by atoms with Crippen LogP contribution in [0.25, 0.3) is 0 Å². The van der Waals surface area contributed by atoms with Gasteiger partial charge in [-0.15, -0.1) is 0 Å². The summed E-state index contributed by atoms with van der Waals surface area (Å²) in [7, 11) is 7.34. The average Bonchev–Trinajstić information content (AvgIpc) is 2.75. The molecule has 29 heavy (non-hydrogen) atoms. The number of amides is 1. The molecule has 0 bridgehead atoms. The highest BCUT2D eigenvalue weighted by Gasteiger charge is 2.16. The highest BCUT2D eigenvalue weighted by molar-refractivity contribution is 5.96. The lowest BCUT2D eigenvalue weighted by molar-refractivity contribution is -0.119. The van der Waals surface area contributed by atoms with Gasteiger partial charge in [0, 0.05) is 23.9 Å². The summed E-state index contributed by atoms with van der Waals surface area (Å²) in [6.07, 6.45) is 0. The molecule has 0 aliphatic rings. The van der Waals surface area contributed by atoms with E-state index in [1.165, 1.54) is 47.7 Å². The van der Waals surface area contributed by atoms with Crippen molar-refractivity contribution in [1.29, 1.82) is 0 Å². The maximum absolute atomic E-state index is 12.3. The van der Waals surface area contributed by atoms with Crippen LogP contribution in [-0.2, 0) is 9.53 Å². The molecule has 0 atom stereocenters. The van der Waals surface area contributed by atoms with E-state index in [-0.39, 0.29) is 5.56 Å². The molecule has 0 aromatic heterocycles. The van der Waals surface area contributed by atoms with E-state index in [4.69, 9.17) is 28.4 Å². The molecule has 1 amide bonds. The molecule has 1 N–H and O–H groups in total. The van der Waals surface area contributed by atoms with Crippen LogP contribution in [0.2, 0.25) is 0 Å². The Kier molecular flexibility index (Phi) is 7.53. The topological polar surface area (TPSA) is 102 Å². The van der Waals surface area contributed by atoms with Gasteiger partial charge in [0.25, 0.3) is 5.91 Å². The van der Waals surface area contributed by atoms with Crippen molar-refractivity contribution in [2.75, 3.05) is 47.5 Å². The molecule has 0 aliphatic heterocycles. The minimum absolute atomic E-state index is 0.196. The second kappa shape index (κ2) is 10.1. The van der Waals surface area contributed by atoms with Gasteiger partial charge in [-0.1, -0.05) is 0 Å².